The van der Waals surface area contributed by atoms with Crippen LogP contribution in [-0.4, -0.2) is 23.8 Å². The fourth-order valence-corrected chi connectivity index (χ4v) is 1.34. The van der Waals surface area contributed by atoms with Crippen molar-refractivity contribution in [3.63, 3.8) is 0 Å². The Morgan fingerprint density at radius 3 is 2.24 bits per heavy atom. The Balaban J connectivity index is 4.06. The quantitative estimate of drug-likeness (QED) is 0.371. The van der Waals surface area contributed by atoms with Crippen molar-refractivity contribution in [2.24, 2.45) is 0 Å². The zero-order chi connectivity index (χ0) is 13.5. The van der Waals surface area contributed by atoms with Gasteiger partial charge in [-0.2, -0.15) is 0 Å². The first kappa shape index (κ1) is 15.9. The molecule has 3 nitrogen and oxygen atoms in total. The highest BCUT2D eigenvalue weighted by Crippen LogP contribution is 2.19. The summed E-state index contributed by atoms with van der Waals surface area (Å²) < 4.78 is 10.9. The van der Waals surface area contributed by atoms with E-state index in [0.29, 0.717) is 13.0 Å². The molecule has 0 radical (unpaired) electrons. The summed E-state index contributed by atoms with van der Waals surface area (Å²) in [6.07, 6.45) is 4.44. The highest BCUT2D eigenvalue weighted by atomic mass is 16.6. The second kappa shape index (κ2) is 6.60. The molecule has 0 amide bonds. The maximum atomic E-state index is 11.1. The van der Waals surface area contributed by atoms with Gasteiger partial charge < -0.3 is 9.47 Å². The summed E-state index contributed by atoms with van der Waals surface area (Å²) in [6, 6.07) is 0. The van der Waals surface area contributed by atoms with Gasteiger partial charge >= 0.3 is 5.97 Å². The van der Waals surface area contributed by atoms with Gasteiger partial charge in [-0.05, 0) is 34.1 Å². The Kier molecular flexibility index (Phi) is 6.18. The van der Waals surface area contributed by atoms with E-state index in [4.69, 9.17) is 9.47 Å². The van der Waals surface area contributed by atoms with Crippen LogP contribution in [0.5, 0.6) is 0 Å². The van der Waals surface area contributed by atoms with Crippen LogP contribution in [-0.2, 0) is 14.3 Å². The van der Waals surface area contributed by atoms with Gasteiger partial charge in [0.05, 0.1) is 12.2 Å². The number of esters is 1. The molecule has 3 heteroatoms. The molecule has 0 fully saturated rings. The number of ether oxygens (including phenoxy) is 2. The minimum Gasteiger partial charge on any atom is -0.456 e. The molecule has 0 unspecified atom stereocenters. The Hall–Kier alpha value is -1.09. The van der Waals surface area contributed by atoms with E-state index >= 15 is 0 Å². The lowest BCUT2D eigenvalue weighted by Gasteiger charge is -2.28. The number of hydrogen-bond donors (Lipinski definition) is 0. The first-order chi connectivity index (χ1) is 7.72. The van der Waals surface area contributed by atoms with Crippen LogP contribution in [0.4, 0.5) is 0 Å². The summed E-state index contributed by atoms with van der Waals surface area (Å²) in [5.74, 6) is -0.402. The Labute approximate surface area is 104 Å². The third-order valence-corrected chi connectivity index (χ3v) is 2.38. The third-order valence-electron chi connectivity index (χ3n) is 2.38. The van der Waals surface area contributed by atoms with E-state index in [0.717, 1.165) is 6.42 Å². The number of rotatable bonds is 8. The van der Waals surface area contributed by atoms with Gasteiger partial charge in [0.1, 0.15) is 5.60 Å². The molecule has 98 valence electrons. The fraction of sp³-hybridized carbons (Fsp3) is 0.643. The molecule has 0 aromatic rings. The van der Waals surface area contributed by atoms with Crippen LogP contribution < -0.4 is 0 Å². The van der Waals surface area contributed by atoms with Gasteiger partial charge in [0.2, 0.25) is 0 Å². The van der Waals surface area contributed by atoms with E-state index in [1.807, 2.05) is 33.8 Å². The average Bonchev–Trinajstić information content (AvgIpc) is 2.15. The number of carbonyl (C=O) groups is 1. The molecule has 0 atom stereocenters. The normalized spacial score (nSPS) is 12.0. The van der Waals surface area contributed by atoms with Crippen molar-refractivity contribution in [3.8, 4) is 0 Å². The van der Waals surface area contributed by atoms with E-state index in [-0.39, 0.29) is 5.60 Å². The van der Waals surface area contributed by atoms with Crippen LogP contribution in [0.3, 0.4) is 0 Å². The van der Waals surface area contributed by atoms with Gasteiger partial charge in [0, 0.05) is 12.5 Å². The predicted octanol–water partition coefficient (Wildman–Crippen LogP) is 3.26. The standard InChI is InChI=1S/C14H24O3/c1-7-9-13(3,4)16-11-10-14(5,6)17-12(15)8-2/h7-8H,1-2,9-11H2,3-6H3. The van der Waals surface area contributed by atoms with Crippen molar-refractivity contribution in [3.05, 3.63) is 25.3 Å². The van der Waals surface area contributed by atoms with E-state index < -0.39 is 11.6 Å². The second-order valence-electron chi connectivity index (χ2n) is 5.24. The topological polar surface area (TPSA) is 35.5 Å². The van der Waals surface area contributed by atoms with Gasteiger partial charge in [-0.1, -0.05) is 12.7 Å². The lowest BCUT2D eigenvalue weighted by molar-refractivity contribution is -0.152. The van der Waals surface area contributed by atoms with Gasteiger partial charge in [-0.15, -0.1) is 6.58 Å². The van der Waals surface area contributed by atoms with Gasteiger partial charge in [0.25, 0.3) is 0 Å². The van der Waals surface area contributed by atoms with Crippen molar-refractivity contribution < 1.29 is 14.3 Å². The highest BCUT2D eigenvalue weighted by molar-refractivity contribution is 5.81. The molecule has 0 saturated heterocycles. The molecule has 0 aromatic heterocycles. The highest BCUT2D eigenvalue weighted by Gasteiger charge is 2.23. The molecule has 0 aliphatic heterocycles. The monoisotopic (exact) mass is 240 g/mol. The molecule has 0 spiro atoms. The van der Waals surface area contributed by atoms with Crippen molar-refractivity contribution in [1.29, 1.82) is 0 Å². The molecule has 0 aliphatic carbocycles. The average molecular weight is 240 g/mol. The van der Waals surface area contributed by atoms with Crippen LogP contribution in [0.25, 0.3) is 0 Å². The van der Waals surface area contributed by atoms with E-state index in [1.165, 1.54) is 6.08 Å². The van der Waals surface area contributed by atoms with Crippen molar-refractivity contribution in [1.82, 2.24) is 0 Å². The molecule has 0 aliphatic rings. The van der Waals surface area contributed by atoms with Crippen LogP contribution in [0, 0.1) is 0 Å². The van der Waals surface area contributed by atoms with E-state index in [9.17, 15) is 4.79 Å². The van der Waals surface area contributed by atoms with Crippen molar-refractivity contribution in [2.45, 2.75) is 51.7 Å². The summed E-state index contributed by atoms with van der Waals surface area (Å²) in [4.78, 5) is 11.1. The SMILES string of the molecule is C=CCC(C)(C)OCCC(C)(C)OC(=O)C=C. The van der Waals surface area contributed by atoms with Gasteiger partial charge in [-0.25, -0.2) is 4.79 Å². The van der Waals surface area contributed by atoms with Gasteiger partial charge in [0.15, 0.2) is 0 Å². The summed E-state index contributed by atoms with van der Waals surface area (Å²) in [6.45, 7) is 15.3. The fourth-order valence-electron chi connectivity index (χ4n) is 1.34. The maximum absolute atomic E-state index is 11.1. The van der Waals surface area contributed by atoms with Crippen LogP contribution >= 0.6 is 0 Å². The molecule has 0 aromatic carbocycles. The molecule has 17 heavy (non-hydrogen) atoms. The first-order valence-corrected chi connectivity index (χ1v) is 5.83. The maximum Gasteiger partial charge on any atom is 0.330 e. The van der Waals surface area contributed by atoms with E-state index in [1.54, 1.807) is 0 Å². The molecule has 0 bridgehead atoms. The van der Waals surface area contributed by atoms with Crippen LogP contribution in [0.15, 0.2) is 25.3 Å². The molecular weight excluding hydrogens is 216 g/mol. The predicted molar refractivity (Wildman–Crippen MR) is 69.8 cm³/mol. The molecule has 0 rings (SSSR count). The molecule has 0 heterocycles. The minimum atomic E-state index is -0.532. The van der Waals surface area contributed by atoms with Crippen molar-refractivity contribution >= 4 is 5.97 Å². The smallest absolute Gasteiger partial charge is 0.330 e. The Morgan fingerprint density at radius 1 is 1.18 bits per heavy atom. The summed E-state index contributed by atoms with van der Waals surface area (Å²) in [5.41, 5.74) is -0.754. The third kappa shape index (κ3) is 7.75. The van der Waals surface area contributed by atoms with Crippen molar-refractivity contribution in [2.75, 3.05) is 6.61 Å². The second-order valence-corrected chi connectivity index (χ2v) is 5.24. The Bertz CT molecular complexity index is 277. The van der Waals surface area contributed by atoms with Gasteiger partial charge in [-0.3, -0.25) is 0 Å². The lowest BCUT2D eigenvalue weighted by Crippen LogP contribution is -2.31. The number of hydrogen-bond acceptors (Lipinski definition) is 3. The molecule has 0 saturated carbocycles. The summed E-state index contributed by atoms with van der Waals surface area (Å²) in [7, 11) is 0. The van der Waals surface area contributed by atoms with Crippen LogP contribution in [0.2, 0.25) is 0 Å². The van der Waals surface area contributed by atoms with E-state index in [2.05, 4.69) is 13.2 Å². The number of carbonyl (C=O) groups excluding carboxylic acids is 1. The lowest BCUT2D eigenvalue weighted by atomic mass is 10.0. The first-order valence-electron chi connectivity index (χ1n) is 5.83. The summed E-state index contributed by atoms with van der Waals surface area (Å²) in [5, 5.41) is 0. The molecule has 0 N–H and O–H groups in total. The zero-order valence-electron chi connectivity index (χ0n) is 11.4. The Morgan fingerprint density at radius 2 is 1.76 bits per heavy atom. The molecular formula is C14H24O3. The largest absolute Gasteiger partial charge is 0.456 e. The summed E-state index contributed by atoms with van der Waals surface area (Å²) >= 11 is 0. The van der Waals surface area contributed by atoms with Crippen LogP contribution in [0.1, 0.15) is 40.5 Å². The zero-order valence-corrected chi connectivity index (χ0v) is 11.4. The minimum absolute atomic E-state index is 0.222.